The quantitative estimate of drug-likeness (QED) is 0.350. The fourth-order valence-electron chi connectivity index (χ4n) is 7.95. The molecule has 1 aromatic rings. The maximum absolute atomic E-state index is 15.0. The number of likely N-dealkylation sites (tertiary alicyclic amines) is 1. The molecule has 0 saturated carbocycles. The summed E-state index contributed by atoms with van der Waals surface area (Å²) in [7, 11) is 0. The van der Waals surface area contributed by atoms with Crippen molar-refractivity contribution in [1.82, 2.24) is 9.80 Å². The molecule has 3 amide bonds. The van der Waals surface area contributed by atoms with Gasteiger partial charge in [0.15, 0.2) is 0 Å². The van der Waals surface area contributed by atoms with Crippen molar-refractivity contribution < 1.29 is 24.2 Å². The number of ether oxygens (including phenoxy) is 1. The summed E-state index contributed by atoms with van der Waals surface area (Å²) in [6, 6.07) is 4.33. The highest BCUT2D eigenvalue weighted by Crippen LogP contribution is 2.64. The predicted octanol–water partition coefficient (Wildman–Crippen LogP) is 4.42. The molecule has 3 heterocycles. The summed E-state index contributed by atoms with van der Waals surface area (Å²) in [6.45, 7) is 20.6. The minimum atomic E-state index is -1.17. The van der Waals surface area contributed by atoms with E-state index in [4.69, 9.17) is 4.74 Å². The number of para-hydroxylation sites is 1. The second kappa shape index (κ2) is 12.3. The molecular formula is C34H49N3O5. The van der Waals surface area contributed by atoms with Gasteiger partial charge in [-0.15, -0.1) is 13.2 Å². The molecule has 1 aromatic carbocycles. The largest absolute Gasteiger partial charge is 0.394 e. The van der Waals surface area contributed by atoms with E-state index < -0.39 is 35.1 Å². The second-order valence-corrected chi connectivity index (χ2v) is 13.0. The average molecular weight is 580 g/mol. The summed E-state index contributed by atoms with van der Waals surface area (Å²) in [4.78, 5) is 48.9. The van der Waals surface area contributed by atoms with Gasteiger partial charge < -0.3 is 24.5 Å². The number of hydrogen-bond donors (Lipinski definition) is 1. The number of hydrogen-bond acceptors (Lipinski definition) is 5. The number of amides is 3. The number of fused-ring (bicyclic) bond motifs is 1. The molecule has 0 radical (unpaired) electrons. The topological polar surface area (TPSA) is 90.4 Å². The summed E-state index contributed by atoms with van der Waals surface area (Å²) in [6.07, 6.45) is 5.74. The summed E-state index contributed by atoms with van der Waals surface area (Å²) in [5.74, 6) is -2.03. The Morgan fingerprint density at radius 1 is 1.14 bits per heavy atom. The van der Waals surface area contributed by atoms with E-state index in [9.17, 15) is 19.5 Å². The van der Waals surface area contributed by atoms with Gasteiger partial charge in [-0.25, -0.2) is 0 Å². The highest BCUT2D eigenvalue weighted by Gasteiger charge is 2.79. The van der Waals surface area contributed by atoms with Crippen LogP contribution in [0.15, 0.2) is 43.5 Å². The van der Waals surface area contributed by atoms with Gasteiger partial charge in [0, 0.05) is 25.3 Å². The van der Waals surface area contributed by atoms with Crippen molar-refractivity contribution in [2.24, 2.45) is 17.8 Å². The molecule has 3 saturated heterocycles. The Labute approximate surface area is 251 Å². The Hall–Kier alpha value is -2.97. The molecule has 8 nitrogen and oxygen atoms in total. The lowest BCUT2D eigenvalue weighted by molar-refractivity contribution is -0.152. The van der Waals surface area contributed by atoms with E-state index in [1.807, 2.05) is 59.7 Å². The monoisotopic (exact) mass is 579 g/mol. The van der Waals surface area contributed by atoms with E-state index >= 15 is 0 Å². The van der Waals surface area contributed by atoms with Crippen LogP contribution in [0.3, 0.4) is 0 Å². The molecule has 2 bridgehead atoms. The molecule has 4 rings (SSSR count). The van der Waals surface area contributed by atoms with Crippen LogP contribution in [0.25, 0.3) is 0 Å². The number of rotatable bonds is 13. The molecule has 1 spiro atoms. The predicted molar refractivity (Wildman–Crippen MR) is 165 cm³/mol. The van der Waals surface area contributed by atoms with Crippen LogP contribution in [0.2, 0.25) is 0 Å². The lowest BCUT2D eigenvalue weighted by Gasteiger charge is -2.40. The highest BCUT2D eigenvalue weighted by atomic mass is 16.5. The van der Waals surface area contributed by atoms with Crippen molar-refractivity contribution in [2.45, 2.75) is 90.5 Å². The van der Waals surface area contributed by atoms with Crippen LogP contribution in [0.4, 0.5) is 5.69 Å². The number of benzene rings is 1. The first-order valence-corrected chi connectivity index (χ1v) is 15.4. The average Bonchev–Trinajstić information content (AvgIpc) is 3.50. The standard InChI is InChI=1S/C34H49N3O5/c1-9-17-35(18-10-2)30(39)26-27-31(40)37(25(21-38)20-22(4)5)29(34(27)16-15-33(26,8)42-34)32(41)36(19-11-3)28-23(6)13-12-14-24(28)7/h9,11-14,22,25-27,29,38H,1,3,10,15-21H2,2,4-8H3/t25-,26-,27+,29?,33+,34?/m1/s1. The number of anilines is 1. The van der Waals surface area contributed by atoms with Gasteiger partial charge in [0.25, 0.3) is 5.91 Å². The van der Waals surface area contributed by atoms with Crippen LogP contribution in [0, 0.1) is 31.6 Å². The van der Waals surface area contributed by atoms with Crippen LogP contribution >= 0.6 is 0 Å². The zero-order valence-electron chi connectivity index (χ0n) is 26.3. The van der Waals surface area contributed by atoms with E-state index in [-0.39, 0.29) is 36.8 Å². The first kappa shape index (κ1) is 32.0. The number of aliphatic hydroxyl groups is 1. The normalized spacial score (nSPS) is 28.6. The third kappa shape index (κ3) is 5.11. The number of aliphatic hydroxyl groups excluding tert-OH is 1. The van der Waals surface area contributed by atoms with Crippen LogP contribution < -0.4 is 4.90 Å². The molecule has 3 fully saturated rings. The smallest absolute Gasteiger partial charge is 0.253 e. The van der Waals surface area contributed by atoms with Gasteiger partial charge >= 0.3 is 0 Å². The van der Waals surface area contributed by atoms with Crippen molar-refractivity contribution in [3.8, 4) is 0 Å². The summed E-state index contributed by atoms with van der Waals surface area (Å²) in [5.41, 5.74) is 0.615. The van der Waals surface area contributed by atoms with E-state index in [0.29, 0.717) is 32.4 Å². The summed E-state index contributed by atoms with van der Waals surface area (Å²) < 4.78 is 6.88. The maximum Gasteiger partial charge on any atom is 0.253 e. The van der Waals surface area contributed by atoms with Gasteiger partial charge in [-0.05, 0) is 63.5 Å². The molecule has 8 heteroatoms. The Kier molecular flexibility index (Phi) is 9.38. The zero-order valence-corrected chi connectivity index (χ0v) is 26.3. The molecule has 230 valence electrons. The number of carbonyl (C=O) groups is 3. The third-order valence-corrected chi connectivity index (χ3v) is 9.50. The molecule has 2 unspecified atom stereocenters. The molecular weight excluding hydrogens is 530 g/mol. The molecule has 0 aliphatic carbocycles. The summed E-state index contributed by atoms with van der Waals surface area (Å²) >= 11 is 0. The third-order valence-electron chi connectivity index (χ3n) is 9.50. The fourth-order valence-corrected chi connectivity index (χ4v) is 7.95. The first-order valence-electron chi connectivity index (χ1n) is 15.4. The van der Waals surface area contributed by atoms with E-state index in [2.05, 4.69) is 13.2 Å². The van der Waals surface area contributed by atoms with Gasteiger partial charge in [0.1, 0.15) is 11.6 Å². The SMILES string of the molecule is C=CCN(CCC)C(=O)[C@H]1[C@H]2C(=O)N([C@@H](CO)CC(C)C)C(C(=O)N(CC=C)c3c(C)cccc3C)C23CC[C@]1(C)O3. The highest BCUT2D eigenvalue weighted by molar-refractivity contribution is 6.06. The van der Waals surface area contributed by atoms with E-state index in [0.717, 1.165) is 23.2 Å². The zero-order chi connectivity index (χ0) is 31.0. The van der Waals surface area contributed by atoms with Crippen LogP contribution in [-0.4, -0.2) is 82.2 Å². The van der Waals surface area contributed by atoms with E-state index in [1.54, 1.807) is 26.9 Å². The number of carbonyl (C=O) groups excluding carboxylic acids is 3. The van der Waals surface area contributed by atoms with Crippen LogP contribution in [-0.2, 0) is 19.1 Å². The minimum absolute atomic E-state index is 0.130. The van der Waals surface area contributed by atoms with Gasteiger partial charge in [0.2, 0.25) is 11.8 Å². The fraction of sp³-hybridized carbons (Fsp3) is 0.618. The molecule has 1 N–H and O–H groups in total. The van der Waals surface area contributed by atoms with Crippen molar-refractivity contribution >= 4 is 23.4 Å². The van der Waals surface area contributed by atoms with E-state index in [1.165, 1.54) is 0 Å². The Bertz CT molecular complexity index is 1210. The maximum atomic E-state index is 15.0. The Morgan fingerprint density at radius 3 is 2.33 bits per heavy atom. The minimum Gasteiger partial charge on any atom is -0.394 e. The van der Waals surface area contributed by atoms with Gasteiger partial charge in [-0.1, -0.05) is 51.1 Å². The molecule has 3 aliphatic heterocycles. The first-order chi connectivity index (χ1) is 19.9. The van der Waals surface area contributed by atoms with Crippen molar-refractivity contribution in [3.63, 3.8) is 0 Å². The van der Waals surface area contributed by atoms with Gasteiger partial charge in [0.05, 0.1) is 30.1 Å². The van der Waals surface area contributed by atoms with Crippen molar-refractivity contribution in [2.75, 3.05) is 31.1 Å². The van der Waals surface area contributed by atoms with Crippen molar-refractivity contribution in [3.05, 3.63) is 54.6 Å². The summed E-state index contributed by atoms with van der Waals surface area (Å²) in [5, 5.41) is 10.6. The lowest BCUT2D eigenvalue weighted by atomic mass is 9.66. The Morgan fingerprint density at radius 2 is 1.79 bits per heavy atom. The van der Waals surface area contributed by atoms with Crippen molar-refractivity contribution in [1.29, 1.82) is 0 Å². The molecule has 0 aromatic heterocycles. The number of aryl methyl sites for hydroxylation is 2. The number of nitrogens with zero attached hydrogens (tertiary/aromatic N) is 3. The van der Waals surface area contributed by atoms with Crippen LogP contribution in [0.5, 0.6) is 0 Å². The Balaban J connectivity index is 1.89. The molecule has 6 atom stereocenters. The van der Waals surface area contributed by atoms with Gasteiger partial charge in [-0.2, -0.15) is 0 Å². The van der Waals surface area contributed by atoms with Crippen LogP contribution in [0.1, 0.15) is 64.5 Å². The molecule has 3 aliphatic rings. The van der Waals surface area contributed by atoms with Gasteiger partial charge in [-0.3, -0.25) is 14.4 Å². The second-order valence-electron chi connectivity index (χ2n) is 13.0. The lowest BCUT2D eigenvalue weighted by Crippen LogP contribution is -2.59. The molecule has 42 heavy (non-hydrogen) atoms.